The van der Waals surface area contributed by atoms with Gasteiger partial charge in [-0.1, -0.05) is 41.9 Å². The fraction of sp³-hybridized carbons (Fsp3) is 0.100. The van der Waals surface area contributed by atoms with Gasteiger partial charge in [-0.2, -0.15) is 0 Å². The highest BCUT2D eigenvalue weighted by Crippen LogP contribution is 2.37. The Balaban J connectivity index is 1.53. The number of nitrogens with zero attached hydrogens (tertiary/aromatic N) is 2. The lowest BCUT2D eigenvalue weighted by atomic mass is 10.1. The number of aromatic nitrogens is 2. The van der Waals surface area contributed by atoms with Crippen LogP contribution in [-0.2, 0) is 0 Å². The molecule has 0 spiro atoms. The highest BCUT2D eigenvalue weighted by atomic mass is 35.5. The van der Waals surface area contributed by atoms with Crippen molar-refractivity contribution in [1.29, 1.82) is 0 Å². The van der Waals surface area contributed by atoms with Crippen LogP contribution in [0, 0.1) is 0 Å². The molecule has 0 radical (unpaired) electrons. The number of rotatable bonds is 6. The molecule has 0 aliphatic rings. The van der Waals surface area contributed by atoms with Gasteiger partial charge in [0.05, 0.1) is 5.39 Å². The third-order valence-corrected chi connectivity index (χ3v) is 4.96. The Kier molecular flexibility index (Phi) is 5.00. The lowest BCUT2D eigenvalue weighted by Crippen LogP contribution is -2.10. The van der Waals surface area contributed by atoms with E-state index in [9.17, 15) is 0 Å². The predicted octanol–water partition coefficient (Wildman–Crippen LogP) is 5.47. The van der Waals surface area contributed by atoms with Crippen LogP contribution in [0.2, 0.25) is 5.02 Å². The molecule has 0 unspecified atom stereocenters. The molecular weight excluding hydrogens is 368 g/mol. The zero-order chi connectivity index (χ0) is 17.8. The lowest BCUT2D eigenvalue weighted by molar-refractivity contribution is 0.213. The zero-order valence-corrected chi connectivity index (χ0v) is 15.3. The number of halogens is 1. The molecule has 2 heterocycles. The number of fused-ring (bicyclic) bond motifs is 1. The van der Waals surface area contributed by atoms with Gasteiger partial charge in [0.1, 0.15) is 30.1 Å². The molecule has 2 aromatic heterocycles. The molecule has 0 atom stereocenters. The van der Waals surface area contributed by atoms with Crippen LogP contribution in [0.1, 0.15) is 0 Å². The van der Waals surface area contributed by atoms with Gasteiger partial charge in [-0.3, -0.25) is 0 Å². The number of hydrogen-bond acceptors (Lipinski definition) is 5. The smallest absolute Gasteiger partial charge is 0.226 e. The maximum atomic E-state index is 6.00. The lowest BCUT2D eigenvalue weighted by Gasteiger charge is -2.09. The van der Waals surface area contributed by atoms with Gasteiger partial charge in [-0.15, -0.1) is 11.3 Å². The number of thiophene rings is 1. The summed E-state index contributed by atoms with van der Waals surface area (Å²) in [6, 6.07) is 17.4. The van der Waals surface area contributed by atoms with Gasteiger partial charge in [-0.25, -0.2) is 9.97 Å². The molecule has 4 aromatic rings. The second-order valence-corrected chi connectivity index (χ2v) is 6.82. The molecule has 26 heavy (non-hydrogen) atoms. The van der Waals surface area contributed by atoms with Crippen molar-refractivity contribution in [3.8, 4) is 22.8 Å². The molecule has 0 amide bonds. The molecule has 4 nitrogen and oxygen atoms in total. The van der Waals surface area contributed by atoms with Gasteiger partial charge in [-0.05, 0) is 29.8 Å². The van der Waals surface area contributed by atoms with Crippen LogP contribution in [0.4, 0.5) is 0 Å². The maximum Gasteiger partial charge on any atom is 0.226 e. The van der Waals surface area contributed by atoms with E-state index >= 15 is 0 Å². The Morgan fingerprint density at radius 2 is 1.65 bits per heavy atom. The van der Waals surface area contributed by atoms with E-state index in [2.05, 4.69) is 15.3 Å². The Morgan fingerprint density at radius 3 is 2.46 bits per heavy atom. The van der Waals surface area contributed by atoms with Crippen LogP contribution in [0.5, 0.6) is 11.6 Å². The quantitative estimate of drug-likeness (QED) is 0.415. The van der Waals surface area contributed by atoms with Gasteiger partial charge in [0.2, 0.25) is 5.88 Å². The molecular formula is C20H15ClN2O2S. The monoisotopic (exact) mass is 382 g/mol. The molecule has 2 aromatic carbocycles. The maximum absolute atomic E-state index is 6.00. The average molecular weight is 383 g/mol. The standard InChI is InChI=1S/C20H15ClN2O2S/c21-15-8-6-14(7-9-15)17-12-26-20-18(17)19(22-13-23-20)25-11-10-24-16-4-2-1-3-5-16/h1-9,12-13H,10-11H2. The van der Waals surface area contributed by atoms with Crippen molar-refractivity contribution in [2.45, 2.75) is 0 Å². The van der Waals surface area contributed by atoms with E-state index in [1.807, 2.05) is 54.6 Å². The first-order valence-electron chi connectivity index (χ1n) is 8.10. The van der Waals surface area contributed by atoms with Crippen molar-refractivity contribution in [2.24, 2.45) is 0 Å². The minimum absolute atomic E-state index is 0.400. The van der Waals surface area contributed by atoms with Crippen LogP contribution >= 0.6 is 22.9 Å². The van der Waals surface area contributed by atoms with E-state index in [4.69, 9.17) is 21.1 Å². The fourth-order valence-corrected chi connectivity index (χ4v) is 3.65. The summed E-state index contributed by atoms with van der Waals surface area (Å²) in [6.07, 6.45) is 1.53. The summed E-state index contributed by atoms with van der Waals surface area (Å²) in [5, 5.41) is 3.69. The molecule has 0 N–H and O–H groups in total. The summed E-state index contributed by atoms with van der Waals surface area (Å²) >= 11 is 7.56. The molecule has 6 heteroatoms. The van der Waals surface area contributed by atoms with E-state index in [0.717, 1.165) is 27.1 Å². The Labute approximate surface area is 160 Å². The van der Waals surface area contributed by atoms with Crippen molar-refractivity contribution in [3.05, 3.63) is 71.3 Å². The Morgan fingerprint density at radius 1 is 0.885 bits per heavy atom. The van der Waals surface area contributed by atoms with E-state index in [0.29, 0.717) is 24.1 Å². The summed E-state index contributed by atoms with van der Waals surface area (Å²) in [5.41, 5.74) is 2.10. The molecule has 0 bridgehead atoms. The third-order valence-electron chi connectivity index (χ3n) is 3.82. The van der Waals surface area contributed by atoms with E-state index in [-0.39, 0.29) is 0 Å². The molecule has 0 aliphatic heterocycles. The van der Waals surface area contributed by atoms with Crippen molar-refractivity contribution in [1.82, 2.24) is 9.97 Å². The summed E-state index contributed by atoms with van der Waals surface area (Å²) in [5.74, 6) is 1.39. The Bertz CT molecular complexity index is 1000. The third kappa shape index (κ3) is 3.64. The van der Waals surface area contributed by atoms with Crippen LogP contribution in [-0.4, -0.2) is 23.2 Å². The van der Waals surface area contributed by atoms with E-state index < -0.39 is 0 Å². The summed E-state index contributed by atoms with van der Waals surface area (Å²) in [6.45, 7) is 0.840. The highest BCUT2D eigenvalue weighted by molar-refractivity contribution is 7.17. The molecule has 130 valence electrons. The molecule has 0 saturated heterocycles. The van der Waals surface area contributed by atoms with Gasteiger partial charge in [0, 0.05) is 16.0 Å². The van der Waals surface area contributed by atoms with Crippen molar-refractivity contribution < 1.29 is 9.47 Å². The average Bonchev–Trinajstić information content (AvgIpc) is 3.12. The van der Waals surface area contributed by atoms with Crippen LogP contribution in [0.15, 0.2) is 66.3 Å². The number of benzene rings is 2. The minimum atomic E-state index is 0.400. The topological polar surface area (TPSA) is 44.2 Å². The summed E-state index contributed by atoms with van der Waals surface area (Å²) in [4.78, 5) is 9.56. The predicted molar refractivity (Wildman–Crippen MR) is 105 cm³/mol. The number of ether oxygens (including phenoxy) is 2. The van der Waals surface area contributed by atoms with Crippen molar-refractivity contribution >= 4 is 33.2 Å². The second-order valence-electron chi connectivity index (χ2n) is 5.53. The van der Waals surface area contributed by atoms with Gasteiger partial charge in [0.15, 0.2) is 0 Å². The molecule has 0 saturated carbocycles. The number of para-hydroxylation sites is 1. The van der Waals surface area contributed by atoms with Crippen molar-refractivity contribution in [2.75, 3.05) is 13.2 Å². The number of hydrogen-bond donors (Lipinski definition) is 0. The highest BCUT2D eigenvalue weighted by Gasteiger charge is 2.14. The summed E-state index contributed by atoms with van der Waals surface area (Å²) in [7, 11) is 0. The molecule has 4 rings (SSSR count). The first-order valence-corrected chi connectivity index (χ1v) is 9.36. The van der Waals surface area contributed by atoms with Crippen LogP contribution in [0.3, 0.4) is 0 Å². The first-order chi connectivity index (χ1) is 12.8. The van der Waals surface area contributed by atoms with Gasteiger partial charge in [0.25, 0.3) is 0 Å². The molecule has 0 aliphatic carbocycles. The van der Waals surface area contributed by atoms with Crippen LogP contribution in [0.25, 0.3) is 21.3 Å². The van der Waals surface area contributed by atoms with Crippen LogP contribution < -0.4 is 9.47 Å². The summed E-state index contributed by atoms with van der Waals surface area (Å²) < 4.78 is 11.6. The SMILES string of the molecule is Clc1ccc(-c2csc3ncnc(OCCOc4ccccc4)c23)cc1. The van der Waals surface area contributed by atoms with E-state index in [1.165, 1.54) is 6.33 Å². The van der Waals surface area contributed by atoms with Gasteiger partial charge < -0.3 is 9.47 Å². The second kappa shape index (κ2) is 7.72. The zero-order valence-electron chi connectivity index (χ0n) is 13.8. The molecule has 0 fully saturated rings. The Hall–Kier alpha value is -2.63. The fourth-order valence-electron chi connectivity index (χ4n) is 2.61. The minimum Gasteiger partial charge on any atom is -0.490 e. The van der Waals surface area contributed by atoms with Gasteiger partial charge >= 0.3 is 0 Å². The van der Waals surface area contributed by atoms with Crippen molar-refractivity contribution in [3.63, 3.8) is 0 Å². The first kappa shape index (κ1) is 16.8. The largest absolute Gasteiger partial charge is 0.490 e. The van der Waals surface area contributed by atoms with E-state index in [1.54, 1.807) is 11.3 Å². The normalized spacial score (nSPS) is 10.8.